The zero-order valence-electron chi connectivity index (χ0n) is 13.2. The van der Waals surface area contributed by atoms with Gasteiger partial charge in [-0.3, -0.25) is 4.79 Å². The third-order valence-electron chi connectivity index (χ3n) is 3.73. The van der Waals surface area contributed by atoms with Crippen LogP contribution in [0.15, 0.2) is 28.8 Å². The second-order valence-corrected chi connectivity index (χ2v) is 6.05. The molecule has 3 rings (SSSR count). The van der Waals surface area contributed by atoms with Crippen LogP contribution in [0.5, 0.6) is 0 Å². The van der Waals surface area contributed by atoms with Gasteiger partial charge in [0.2, 0.25) is 0 Å². The van der Waals surface area contributed by atoms with Gasteiger partial charge in [0.05, 0.1) is 16.6 Å². The van der Waals surface area contributed by atoms with Crippen LogP contribution in [0.25, 0.3) is 0 Å². The van der Waals surface area contributed by atoms with Crippen LogP contribution >= 0.6 is 48.0 Å². The van der Waals surface area contributed by atoms with Gasteiger partial charge in [-0.05, 0) is 18.2 Å². The lowest BCUT2D eigenvalue weighted by Crippen LogP contribution is -2.49. The number of aromatic nitrogens is 1. The molecular weight excluding hydrogens is 410 g/mol. The van der Waals surface area contributed by atoms with E-state index in [1.54, 1.807) is 29.3 Å². The highest BCUT2D eigenvalue weighted by Gasteiger charge is 2.25. The van der Waals surface area contributed by atoms with Gasteiger partial charge in [-0.15, -0.1) is 24.8 Å². The summed E-state index contributed by atoms with van der Waals surface area (Å²) in [6, 6.07) is 5.05. The van der Waals surface area contributed by atoms with Crippen LogP contribution < -0.4 is 10.6 Å². The van der Waals surface area contributed by atoms with Crippen molar-refractivity contribution in [3.8, 4) is 0 Å². The maximum absolute atomic E-state index is 12.4. The molecule has 0 aromatic carbocycles. The Bertz CT molecular complexity index is 717. The van der Waals surface area contributed by atoms with Crippen molar-refractivity contribution in [2.75, 3.05) is 31.1 Å². The third-order valence-corrected chi connectivity index (χ3v) is 4.21. The molecule has 0 radical (unpaired) electrons. The number of anilines is 1. The summed E-state index contributed by atoms with van der Waals surface area (Å²) in [6.07, 6.45) is 1.57. The minimum Gasteiger partial charge on any atom is -0.455 e. The normalized spacial score (nSPS) is 13.9. The number of hydrogen-bond donors (Lipinski definition) is 1. The van der Waals surface area contributed by atoms with E-state index in [2.05, 4.69) is 4.98 Å². The lowest BCUT2D eigenvalue weighted by atomic mass is 10.2. The van der Waals surface area contributed by atoms with Crippen LogP contribution in [-0.2, 0) is 6.54 Å². The predicted molar refractivity (Wildman–Crippen MR) is 103 cm³/mol. The molecule has 0 aliphatic carbocycles. The van der Waals surface area contributed by atoms with Crippen LogP contribution in [-0.4, -0.2) is 42.0 Å². The van der Waals surface area contributed by atoms with Crippen molar-refractivity contribution in [2.24, 2.45) is 5.73 Å². The zero-order valence-corrected chi connectivity index (χ0v) is 16.3. The number of halogens is 4. The average molecular weight is 428 g/mol. The molecule has 138 valence electrons. The SMILES string of the molecule is Cl.Cl.NCc1ccc(C(=O)N2CCN(c3ncc(Cl)cc3Cl)CC2)o1. The maximum atomic E-state index is 12.4. The number of carbonyl (C=O) groups is 1. The van der Waals surface area contributed by atoms with Crippen molar-refractivity contribution in [1.82, 2.24) is 9.88 Å². The summed E-state index contributed by atoms with van der Waals surface area (Å²) >= 11 is 12.0. The van der Waals surface area contributed by atoms with Gasteiger partial charge in [-0.25, -0.2) is 4.98 Å². The minimum atomic E-state index is -0.125. The smallest absolute Gasteiger partial charge is 0.289 e. The van der Waals surface area contributed by atoms with Crippen molar-refractivity contribution in [2.45, 2.75) is 6.54 Å². The summed E-state index contributed by atoms with van der Waals surface area (Å²) in [5, 5.41) is 1.01. The highest BCUT2D eigenvalue weighted by Crippen LogP contribution is 2.27. The molecule has 0 atom stereocenters. The van der Waals surface area contributed by atoms with Gasteiger partial charge >= 0.3 is 0 Å². The summed E-state index contributed by atoms with van der Waals surface area (Å²) < 4.78 is 5.41. The Hall–Kier alpha value is -1.18. The molecular formula is C15H18Cl4N4O2. The first kappa shape index (κ1) is 21.9. The number of furan rings is 1. The van der Waals surface area contributed by atoms with Crippen molar-refractivity contribution in [3.05, 3.63) is 46.0 Å². The molecule has 1 saturated heterocycles. The summed E-state index contributed by atoms with van der Waals surface area (Å²) in [5.41, 5.74) is 5.49. The first-order valence-corrected chi connectivity index (χ1v) is 7.98. The summed E-state index contributed by atoms with van der Waals surface area (Å²) in [7, 11) is 0. The molecule has 3 heterocycles. The van der Waals surface area contributed by atoms with Crippen LogP contribution in [0.2, 0.25) is 10.0 Å². The number of amides is 1. The van der Waals surface area contributed by atoms with Crippen LogP contribution in [0.3, 0.4) is 0 Å². The lowest BCUT2D eigenvalue weighted by molar-refractivity contribution is 0.0712. The fourth-order valence-electron chi connectivity index (χ4n) is 2.52. The molecule has 1 amide bonds. The quantitative estimate of drug-likeness (QED) is 0.813. The Morgan fingerprint density at radius 2 is 1.88 bits per heavy atom. The first-order valence-electron chi connectivity index (χ1n) is 7.22. The molecule has 10 heteroatoms. The molecule has 6 nitrogen and oxygen atoms in total. The number of hydrogen-bond acceptors (Lipinski definition) is 5. The fraction of sp³-hybridized carbons (Fsp3) is 0.333. The van der Waals surface area contributed by atoms with E-state index in [4.69, 9.17) is 33.4 Å². The third kappa shape index (κ3) is 4.92. The maximum Gasteiger partial charge on any atom is 0.289 e. The monoisotopic (exact) mass is 426 g/mol. The van der Waals surface area contributed by atoms with Crippen molar-refractivity contribution >= 4 is 59.7 Å². The van der Waals surface area contributed by atoms with E-state index in [0.717, 1.165) is 0 Å². The van der Waals surface area contributed by atoms with E-state index in [9.17, 15) is 4.79 Å². The van der Waals surface area contributed by atoms with Gasteiger partial charge < -0.3 is 20.0 Å². The molecule has 2 aromatic heterocycles. The Balaban J connectivity index is 0.00000156. The summed E-state index contributed by atoms with van der Waals surface area (Å²) in [6.45, 7) is 2.70. The molecule has 2 aromatic rings. The van der Waals surface area contributed by atoms with Crippen LogP contribution in [0, 0.1) is 0 Å². The molecule has 0 spiro atoms. The summed E-state index contributed by atoms with van der Waals surface area (Å²) in [5.74, 6) is 1.48. The van der Waals surface area contributed by atoms with Gasteiger partial charge in [-0.1, -0.05) is 23.2 Å². The molecule has 0 bridgehead atoms. The highest BCUT2D eigenvalue weighted by molar-refractivity contribution is 6.36. The molecule has 1 fully saturated rings. The van der Waals surface area contributed by atoms with Crippen molar-refractivity contribution in [1.29, 1.82) is 0 Å². The number of rotatable bonds is 3. The average Bonchev–Trinajstić information content (AvgIpc) is 3.03. The number of nitrogens with zero attached hydrogens (tertiary/aromatic N) is 3. The molecule has 0 saturated carbocycles. The predicted octanol–water partition coefficient (Wildman–Crippen LogP) is 3.25. The van der Waals surface area contributed by atoms with Gasteiger partial charge in [0, 0.05) is 32.4 Å². The fourth-order valence-corrected chi connectivity index (χ4v) is 3.02. The van der Waals surface area contributed by atoms with Crippen molar-refractivity contribution in [3.63, 3.8) is 0 Å². The standard InChI is InChI=1S/C15H16Cl2N4O2.2ClH/c16-10-7-12(17)14(19-9-10)20-3-5-21(6-4-20)15(22)13-2-1-11(8-18)23-13;;/h1-2,7,9H,3-6,8,18H2;2*1H. The lowest BCUT2D eigenvalue weighted by Gasteiger charge is -2.35. The van der Waals surface area contributed by atoms with E-state index in [-0.39, 0.29) is 37.3 Å². The van der Waals surface area contributed by atoms with Crippen molar-refractivity contribution < 1.29 is 9.21 Å². The number of piperazine rings is 1. The Morgan fingerprint density at radius 1 is 1.20 bits per heavy atom. The molecule has 1 aliphatic heterocycles. The van der Waals surface area contributed by atoms with Crippen LogP contribution in [0.4, 0.5) is 5.82 Å². The summed E-state index contributed by atoms with van der Waals surface area (Å²) in [4.78, 5) is 20.5. The Morgan fingerprint density at radius 3 is 2.44 bits per heavy atom. The molecule has 1 aliphatic rings. The Kier molecular flexibility index (Phi) is 8.31. The van der Waals surface area contributed by atoms with E-state index in [0.29, 0.717) is 53.6 Å². The topological polar surface area (TPSA) is 75.6 Å². The van der Waals surface area contributed by atoms with Gasteiger partial charge in [0.25, 0.3) is 5.91 Å². The van der Waals surface area contributed by atoms with Gasteiger partial charge in [0.15, 0.2) is 5.76 Å². The minimum absolute atomic E-state index is 0. The second-order valence-electron chi connectivity index (χ2n) is 5.21. The largest absolute Gasteiger partial charge is 0.455 e. The Labute approximate surface area is 168 Å². The first-order chi connectivity index (χ1) is 11.1. The van der Waals surface area contributed by atoms with E-state index >= 15 is 0 Å². The van der Waals surface area contributed by atoms with E-state index in [1.807, 2.05) is 4.90 Å². The van der Waals surface area contributed by atoms with E-state index < -0.39 is 0 Å². The highest BCUT2D eigenvalue weighted by atomic mass is 35.5. The van der Waals surface area contributed by atoms with Crippen LogP contribution in [0.1, 0.15) is 16.3 Å². The second kappa shape index (κ2) is 9.50. The van der Waals surface area contributed by atoms with Gasteiger partial charge in [0.1, 0.15) is 11.6 Å². The molecule has 0 unspecified atom stereocenters. The number of pyridine rings is 1. The molecule has 2 N–H and O–H groups in total. The number of carbonyl (C=O) groups excluding carboxylic acids is 1. The van der Waals surface area contributed by atoms with Gasteiger partial charge in [-0.2, -0.15) is 0 Å². The van der Waals surface area contributed by atoms with E-state index in [1.165, 1.54) is 0 Å². The number of nitrogens with two attached hydrogens (primary N) is 1. The zero-order chi connectivity index (χ0) is 16.4. The molecule has 25 heavy (non-hydrogen) atoms.